The highest BCUT2D eigenvalue weighted by Crippen LogP contribution is 2.37. The Bertz CT molecular complexity index is 415. The van der Waals surface area contributed by atoms with Crippen molar-refractivity contribution < 1.29 is 0 Å². The smallest absolute Gasteiger partial charge is 0.00455 e. The molecule has 0 aromatic heterocycles. The molecular weight excluding hydrogens is 252 g/mol. The minimum atomic E-state index is 0.659. The third-order valence-corrected chi connectivity index (χ3v) is 5.08. The zero-order valence-corrected chi connectivity index (χ0v) is 14.0. The number of benzene rings is 1. The summed E-state index contributed by atoms with van der Waals surface area (Å²) in [6, 6.07) is 11.1. The molecule has 1 aliphatic rings. The maximum Gasteiger partial charge on any atom is 0.00455 e. The van der Waals surface area contributed by atoms with Crippen molar-refractivity contribution in [2.45, 2.75) is 77.6 Å². The lowest BCUT2D eigenvalue weighted by molar-refractivity contribution is 0.407. The van der Waals surface area contributed by atoms with Crippen LogP contribution in [0.3, 0.4) is 0 Å². The van der Waals surface area contributed by atoms with Crippen LogP contribution in [0, 0.1) is 5.92 Å². The quantitative estimate of drug-likeness (QED) is 0.360. The van der Waals surface area contributed by atoms with E-state index in [1.54, 1.807) is 5.57 Å². The van der Waals surface area contributed by atoms with E-state index in [0.717, 1.165) is 5.92 Å². The molecule has 2 rings (SSSR count). The predicted octanol–water partition coefficient (Wildman–Crippen LogP) is 6.88. The molecule has 0 nitrogen and oxygen atoms in total. The average molecular weight is 284 g/mol. The maximum atomic E-state index is 2.58. The van der Waals surface area contributed by atoms with E-state index in [4.69, 9.17) is 0 Å². The fraction of sp³-hybridized carbons (Fsp3) is 0.619. The summed E-state index contributed by atoms with van der Waals surface area (Å²) in [6.45, 7) is 4.62. The zero-order valence-electron chi connectivity index (χ0n) is 14.0. The largest absolute Gasteiger partial charge is 0.0844 e. The first-order chi connectivity index (χ1) is 10.3. The molecule has 1 aromatic rings. The van der Waals surface area contributed by atoms with Gasteiger partial charge >= 0.3 is 0 Å². The van der Waals surface area contributed by atoms with Crippen molar-refractivity contribution in [2.24, 2.45) is 5.92 Å². The van der Waals surface area contributed by atoms with Gasteiger partial charge in [0, 0.05) is 5.92 Å². The van der Waals surface area contributed by atoms with E-state index >= 15 is 0 Å². The third kappa shape index (κ3) is 5.02. The van der Waals surface area contributed by atoms with E-state index < -0.39 is 0 Å². The fourth-order valence-electron chi connectivity index (χ4n) is 3.74. The molecule has 0 saturated carbocycles. The highest BCUT2D eigenvalue weighted by molar-refractivity contribution is 5.29. The minimum Gasteiger partial charge on any atom is -0.0844 e. The number of allylic oxidation sites excluding steroid dienone is 2. The molecule has 0 aliphatic heterocycles. The van der Waals surface area contributed by atoms with Gasteiger partial charge in [-0.1, -0.05) is 87.9 Å². The Morgan fingerprint density at radius 3 is 2.48 bits per heavy atom. The second-order valence-corrected chi connectivity index (χ2v) is 6.64. The Labute approximate surface area is 131 Å². The van der Waals surface area contributed by atoms with Gasteiger partial charge in [-0.25, -0.2) is 0 Å². The van der Waals surface area contributed by atoms with Crippen molar-refractivity contribution >= 4 is 0 Å². The fourth-order valence-corrected chi connectivity index (χ4v) is 3.74. The predicted molar refractivity (Wildman–Crippen MR) is 93.7 cm³/mol. The summed E-state index contributed by atoms with van der Waals surface area (Å²) < 4.78 is 0. The molecule has 0 heteroatoms. The van der Waals surface area contributed by atoms with Crippen LogP contribution in [0.15, 0.2) is 42.0 Å². The number of rotatable bonds is 8. The van der Waals surface area contributed by atoms with Gasteiger partial charge in [-0.3, -0.25) is 0 Å². The molecule has 0 saturated heterocycles. The lowest BCUT2D eigenvalue weighted by Crippen LogP contribution is -2.10. The third-order valence-electron chi connectivity index (χ3n) is 5.08. The van der Waals surface area contributed by atoms with E-state index in [-0.39, 0.29) is 0 Å². The van der Waals surface area contributed by atoms with Gasteiger partial charge in [0.1, 0.15) is 0 Å². The van der Waals surface area contributed by atoms with E-state index in [9.17, 15) is 0 Å². The van der Waals surface area contributed by atoms with Gasteiger partial charge in [0.25, 0.3) is 0 Å². The van der Waals surface area contributed by atoms with Crippen LogP contribution in [0.25, 0.3) is 0 Å². The van der Waals surface area contributed by atoms with Crippen LogP contribution >= 0.6 is 0 Å². The topological polar surface area (TPSA) is 0 Å². The van der Waals surface area contributed by atoms with Crippen LogP contribution in [0.1, 0.15) is 83.1 Å². The van der Waals surface area contributed by atoms with Gasteiger partial charge < -0.3 is 0 Å². The Kier molecular flexibility index (Phi) is 7.06. The summed E-state index contributed by atoms with van der Waals surface area (Å²) in [6.07, 6.45) is 15.0. The van der Waals surface area contributed by atoms with E-state index in [0.29, 0.717) is 5.92 Å². The summed E-state index contributed by atoms with van der Waals surface area (Å²) in [5.74, 6) is 1.62. The van der Waals surface area contributed by atoms with Gasteiger partial charge in [-0.05, 0) is 37.2 Å². The summed E-state index contributed by atoms with van der Waals surface area (Å²) in [5, 5.41) is 0. The van der Waals surface area contributed by atoms with Crippen molar-refractivity contribution in [3.8, 4) is 0 Å². The standard InChI is InChI=1S/C21H32/c1-3-5-6-8-11-18-14-16-20(17-15-18)21(4-2)19-12-9-7-10-13-19/h7,9-10,12-13,16,18,21H,3-6,8,11,14-15,17H2,1-2H3. The van der Waals surface area contributed by atoms with Crippen molar-refractivity contribution in [1.82, 2.24) is 0 Å². The molecule has 0 radical (unpaired) electrons. The van der Waals surface area contributed by atoms with E-state index in [1.165, 1.54) is 63.4 Å². The Hall–Kier alpha value is -1.04. The van der Waals surface area contributed by atoms with Crippen LogP contribution in [0.4, 0.5) is 0 Å². The highest BCUT2D eigenvalue weighted by Gasteiger charge is 2.20. The first-order valence-corrected chi connectivity index (χ1v) is 9.09. The zero-order chi connectivity index (χ0) is 14.9. The molecular formula is C21H32. The van der Waals surface area contributed by atoms with Crippen LogP contribution in [-0.2, 0) is 0 Å². The number of hydrogen-bond donors (Lipinski definition) is 0. The molecule has 21 heavy (non-hydrogen) atoms. The van der Waals surface area contributed by atoms with Crippen LogP contribution in [-0.4, -0.2) is 0 Å². The molecule has 116 valence electrons. The lowest BCUT2D eigenvalue weighted by atomic mass is 9.78. The van der Waals surface area contributed by atoms with Gasteiger partial charge in [0.05, 0.1) is 0 Å². The molecule has 0 bridgehead atoms. The second kappa shape index (κ2) is 9.07. The molecule has 0 fully saturated rings. The Balaban J connectivity index is 1.86. The van der Waals surface area contributed by atoms with Crippen molar-refractivity contribution in [2.75, 3.05) is 0 Å². The monoisotopic (exact) mass is 284 g/mol. The molecule has 2 unspecified atom stereocenters. The first kappa shape index (κ1) is 16.3. The molecule has 1 aliphatic carbocycles. The first-order valence-electron chi connectivity index (χ1n) is 9.09. The van der Waals surface area contributed by atoms with Gasteiger partial charge in [0.15, 0.2) is 0 Å². The van der Waals surface area contributed by atoms with Crippen molar-refractivity contribution in [3.05, 3.63) is 47.5 Å². The van der Waals surface area contributed by atoms with E-state index in [2.05, 4.69) is 50.3 Å². The van der Waals surface area contributed by atoms with Crippen LogP contribution in [0.5, 0.6) is 0 Å². The Morgan fingerprint density at radius 1 is 1.05 bits per heavy atom. The number of unbranched alkanes of at least 4 members (excludes halogenated alkanes) is 3. The van der Waals surface area contributed by atoms with Gasteiger partial charge in [0.2, 0.25) is 0 Å². The molecule has 0 N–H and O–H groups in total. The normalized spacial score (nSPS) is 20.1. The van der Waals surface area contributed by atoms with E-state index in [1.807, 2.05) is 0 Å². The van der Waals surface area contributed by atoms with Crippen molar-refractivity contribution in [1.29, 1.82) is 0 Å². The van der Waals surface area contributed by atoms with Crippen LogP contribution in [0.2, 0.25) is 0 Å². The summed E-state index contributed by atoms with van der Waals surface area (Å²) in [4.78, 5) is 0. The Morgan fingerprint density at radius 2 is 1.86 bits per heavy atom. The summed E-state index contributed by atoms with van der Waals surface area (Å²) in [7, 11) is 0. The SMILES string of the molecule is CCCCCCC1CC=C(C(CC)c2ccccc2)CC1. The molecule has 2 atom stereocenters. The molecule has 1 aromatic carbocycles. The second-order valence-electron chi connectivity index (χ2n) is 6.64. The van der Waals surface area contributed by atoms with Crippen molar-refractivity contribution in [3.63, 3.8) is 0 Å². The average Bonchev–Trinajstić information content (AvgIpc) is 2.55. The van der Waals surface area contributed by atoms with Gasteiger partial charge in [-0.2, -0.15) is 0 Å². The van der Waals surface area contributed by atoms with Gasteiger partial charge in [-0.15, -0.1) is 0 Å². The maximum absolute atomic E-state index is 2.58. The number of hydrogen-bond acceptors (Lipinski definition) is 0. The van der Waals surface area contributed by atoms with Crippen LogP contribution < -0.4 is 0 Å². The molecule has 0 spiro atoms. The molecule has 0 amide bonds. The lowest BCUT2D eigenvalue weighted by Gasteiger charge is -2.27. The minimum absolute atomic E-state index is 0.659. The summed E-state index contributed by atoms with van der Waals surface area (Å²) in [5.41, 5.74) is 3.21. The molecule has 0 heterocycles. The highest BCUT2D eigenvalue weighted by atomic mass is 14.3. The summed E-state index contributed by atoms with van der Waals surface area (Å²) >= 11 is 0.